The number of aromatic nitrogens is 1. The highest BCUT2D eigenvalue weighted by Gasteiger charge is 2.55. The second-order valence-corrected chi connectivity index (χ2v) is 12.2. The summed E-state index contributed by atoms with van der Waals surface area (Å²) in [6, 6.07) is 14.0. The van der Waals surface area contributed by atoms with Crippen LogP contribution in [0.2, 0.25) is 0 Å². The fourth-order valence-electron chi connectivity index (χ4n) is 7.37. The molecule has 37 heavy (non-hydrogen) atoms. The van der Waals surface area contributed by atoms with E-state index in [9.17, 15) is 14.4 Å². The molecule has 6 nitrogen and oxygen atoms in total. The summed E-state index contributed by atoms with van der Waals surface area (Å²) in [5.41, 5.74) is 2.01. The first-order valence-corrected chi connectivity index (χ1v) is 14.0. The summed E-state index contributed by atoms with van der Waals surface area (Å²) < 4.78 is 6.37. The molecule has 4 aliphatic rings. The summed E-state index contributed by atoms with van der Waals surface area (Å²) in [6.07, 6.45) is 8.66. The number of ketones is 1. The fourth-order valence-corrected chi connectivity index (χ4v) is 7.63. The molecule has 4 bridgehead atoms. The maximum atomic E-state index is 13.8. The maximum Gasteiger partial charge on any atom is 0.329 e. The van der Waals surface area contributed by atoms with Gasteiger partial charge >= 0.3 is 5.97 Å². The number of Topliss-reactive ketones (excluding diaryl/α,β-unsaturated/α-hetero) is 1. The maximum absolute atomic E-state index is 13.8. The number of para-hydroxylation sites is 1. The minimum absolute atomic E-state index is 0.0207. The summed E-state index contributed by atoms with van der Waals surface area (Å²) in [6.45, 7) is -0.363. The predicted molar refractivity (Wildman–Crippen MR) is 144 cm³/mol. The fraction of sp³-hybridized carbons (Fsp3) is 0.433. The van der Waals surface area contributed by atoms with Gasteiger partial charge in [0.15, 0.2) is 12.4 Å². The molecule has 0 radical (unpaired) electrons. The van der Waals surface area contributed by atoms with Gasteiger partial charge in [-0.1, -0.05) is 46.3 Å². The topological polar surface area (TPSA) is 88.3 Å². The predicted octanol–water partition coefficient (Wildman–Crippen LogP) is 5.60. The minimum Gasteiger partial charge on any atom is -0.456 e. The molecular formula is C30H31BrN2O4. The molecule has 1 amide bonds. The Kier molecular flexibility index (Phi) is 6.43. The monoisotopic (exact) mass is 562 g/mol. The van der Waals surface area contributed by atoms with E-state index in [-0.39, 0.29) is 23.7 Å². The van der Waals surface area contributed by atoms with Gasteiger partial charge in [0, 0.05) is 39.0 Å². The second-order valence-electron chi connectivity index (χ2n) is 11.3. The molecule has 3 aromatic rings. The van der Waals surface area contributed by atoms with Crippen molar-refractivity contribution in [3.8, 4) is 0 Å². The lowest BCUT2D eigenvalue weighted by atomic mass is 9.49. The molecule has 1 aromatic heterocycles. The molecule has 2 aromatic carbocycles. The number of ether oxygens (including phenoxy) is 1. The van der Waals surface area contributed by atoms with E-state index in [2.05, 4.69) is 26.2 Å². The lowest BCUT2D eigenvalue weighted by Gasteiger charge is -2.55. The van der Waals surface area contributed by atoms with E-state index in [4.69, 9.17) is 4.74 Å². The smallest absolute Gasteiger partial charge is 0.329 e. The van der Waals surface area contributed by atoms with Gasteiger partial charge in [-0.05, 0) is 80.0 Å². The van der Waals surface area contributed by atoms with Crippen LogP contribution in [0.15, 0.2) is 59.2 Å². The molecule has 0 aliphatic heterocycles. The number of hydrogen-bond donors (Lipinski definition) is 2. The average molecular weight is 563 g/mol. The third-order valence-electron chi connectivity index (χ3n) is 8.72. The Bertz CT molecular complexity index is 1310. The number of hydrogen-bond acceptors (Lipinski definition) is 4. The number of fused-ring (bicyclic) bond motifs is 1. The average Bonchev–Trinajstić information content (AvgIpc) is 3.29. The van der Waals surface area contributed by atoms with Crippen LogP contribution in [-0.2, 0) is 20.7 Å². The van der Waals surface area contributed by atoms with Crippen LogP contribution >= 0.6 is 15.9 Å². The standard InChI is InChI=1S/C30H31BrN2O4/c31-23-7-5-21(6-8-23)27(34)17-37-28(35)26(12-22-16-32-25-4-2-1-3-24(22)25)33-29(36)30-13-18-9-19(14-30)11-20(10-18)15-30/h1-8,16,18-20,26,32H,9-15,17H2,(H,33,36)/t18?,19?,20?,26-,30?/m1/s1. The number of benzene rings is 2. The molecule has 2 N–H and O–H groups in total. The molecular weight excluding hydrogens is 532 g/mol. The summed E-state index contributed by atoms with van der Waals surface area (Å²) in [4.78, 5) is 43.0. The van der Waals surface area contributed by atoms with Gasteiger partial charge in [-0.15, -0.1) is 0 Å². The Labute approximate surface area is 224 Å². The van der Waals surface area contributed by atoms with E-state index in [0.29, 0.717) is 29.7 Å². The number of amides is 1. The Morgan fingerprint density at radius 1 is 0.973 bits per heavy atom. The van der Waals surface area contributed by atoms with E-state index in [1.165, 1.54) is 19.3 Å². The van der Waals surface area contributed by atoms with Crippen LogP contribution in [0.4, 0.5) is 0 Å². The Hall–Kier alpha value is -2.93. The zero-order valence-corrected chi connectivity index (χ0v) is 22.3. The van der Waals surface area contributed by atoms with Gasteiger partial charge in [0.05, 0.1) is 0 Å². The van der Waals surface area contributed by atoms with Crippen molar-refractivity contribution < 1.29 is 19.1 Å². The number of esters is 1. The van der Waals surface area contributed by atoms with Crippen LogP contribution in [0.25, 0.3) is 10.9 Å². The van der Waals surface area contributed by atoms with Gasteiger partial charge in [-0.25, -0.2) is 4.79 Å². The van der Waals surface area contributed by atoms with Crippen LogP contribution < -0.4 is 5.32 Å². The number of halogens is 1. The van der Waals surface area contributed by atoms with Crippen LogP contribution in [0, 0.1) is 23.2 Å². The van der Waals surface area contributed by atoms with E-state index < -0.39 is 12.0 Å². The lowest BCUT2D eigenvalue weighted by Crippen LogP contribution is -2.56. The quantitative estimate of drug-likeness (QED) is 0.276. The van der Waals surface area contributed by atoms with Crippen LogP contribution in [-0.4, -0.2) is 35.3 Å². The van der Waals surface area contributed by atoms with Crippen LogP contribution in [0.1, 0.15) is 54.4 Å². The van der Waals surface area contributed by atoms with Crippen molar-refractivity contribution in [3.05, 3.63) is 70.3 Å². The van der Waals surface area contributed by atoms with E-state index in [1.54, 1.807) is 24.3 Å². The molecule has 7 rings (SSSR count). The third kappa shape index (κ3) is 4.86. The first kappa shape index (κ1) is 24.4. The first-order chi connectivity index (χ1) is 17.9. The number of H-pyrrole nitrogens is 1. The summed E-state index contributed by atoms with van der Waals surface area (Å²) >= 11 is 3.36. The van der Waals surface area contributed by atoms with Crippen molar-refractivity contribution >= 4 is 44.5 Å². The molecule has 1 atom stereocenters. The molecule has 0 saturated heterocycles. The minimum atomic E-state index is -0.863. The van der Waals surface area contributed by atoms with E-state index in [0.717, 1.165) is 40.2 Å². The number of nitrogens with one attached hydrogen (secondary N) is 2. The summed E-state index contributed by atoms with van der Waals surface area (Å²) in [5, 5.41) is 4.11. The van der Waals surface area contributed by atoms with Crippen molar-refractivity contribution in [1.82, 2.24) is 10.3 Å². The molecule has 7 heteroatoms. The van der Waals surface area contributed by atoms with Crippen LogP contribution in [0.5, 0.6) is 0 Å². The first-order valence-electron chi connectivity index (χ1n) is 13.2. The van der Waals surface area contributed by atoms with Gasteiger partial charge in [0.25, 0.3) is 0 Å². The molecule has 192 valence electrons. The van der Waals surface area contributed by atoms with Gasteiger partial charge < -0.3 is 15.0 Å². The largest absolute Gasteiger partial charge is 0.456 e. The number of carbonyl (C=O) groups is 3. The second kappa shape index (κ2) is 9.75. The summed E-state index contributed by atoms with van der Waals surface area (Å²) in [7, 11) is 0. The number of carbonyl (C=O) groups excluding carboxylic acids is 3. The van der Waals surface area contributed by atoms with Crippen molar-refractivity contribution in [3.63, 3.8) is 0 Å². The number of aromatic amines is 1. The van der Waals surface area contributed by atoms with E-state index >= 15 is 0 Å². The Morgan fingerprint density at radius 3 is 2.30 bits per heavy atom. The Balaban J connectivity index is 1.20. The Morgan fingerprint density at radius 2 is 1.62 bits per heavy atom. The van der Waals surface area contributed by atoms with Gasteiger partial charge in [0.2, 0.25) is 5.91 Å². The SMILES string of the molecule is O=C(COC(=O)[C@@H](Cc1c[nH]c2ccccc12)NC(=O)C12CC3CC(CC(C3)C1)C2)c1ccc(Br)cc1. The number of rotatable bonds is 8. The molecule has 0 unspecified atom stereocenters. The highest BCUT2D eigenvalue weighted by molar-refractivity contribution is 9.10. The normalized spacial score (nSPS) is 26.7. The molecule has 4 fully saturated rings. The van der Waals surface area contributed by atoms with E-state index in [1.807, 2.05) is 30.5 Å². The molecule has 0 spiro atoms. The van der Waals surface area contributed by atoms with Crippen molar-refractivity contribution in [2.45, 2.75) is 51.0 Å². The van der Waals surface area contributed by atoms with Crippen molar-refractivity contribution in [2.24, 2.45) is 23.2 Å². The van der Waals surface area contributed by atoms with Crippen molar-refractivity contribution in [1.29, 1.82) is 0 Å². The van der Waals surface area contributed by atoms with Gasteiger partial charge in [-0.2, -0.15) is 0 Å². The zero-order chi connectivity index (χ0) is 25.6. The highest BCUT2D eigenvalue weighted by atomic mass is 79.9. The lowest BCUT2D eigenvalue weighted by molar-refractivity contribution is -0.153. The molecule has 1 heterocycles. The molecule has 4 saturated carbocycles. The van der Waals surface area contributed by atoms with Gasteiger partial charge in [-0.3, -0.25) is 9.59 Å². The molecule has 4 aliphatic carbocycles. The highest BCUT2D eigenvalue weighted by Crippen LogP contribution is 2.60. The zero-order valence-electron chi connectivity index (χ0n) is 20.7. The third-order valence-corrected chi connectivity index (χ3v) is 9.25. The van der Waals surface area contributed by atoms with Crippen LogP contribution in [0.3, 0.4) is 0 Å². The van der Waals surface area contributed by atoms with Crippen molar-refractivity contribution in [2.75, 3.05) is 6.61 Å². The summed E-state index contributed by atoms with van der Waals surface area (Å²) in [5.74, 6) is 0.999. The van der Waals surface area contributed by atoms with Gasteiger partial charge in [0.1, 0.15) is 6.04 Å².